The molecule has 21 heavy (non-hydrogen) atoms. The van der Waals surface area contributed by atoms with Crippen LogP contribution in [0.4, 0.5) is 10.5 Å². The number of amides is 2. The highest BCUT2D eigenvalue weighted by Gasteiger charge is 2.13. The summed E-state index contributed by atoms with van der Waals surface area (Å²) < 4.78 is 1.59. The fraction of sp³-hybridized carbons (Fsp3) is 0.286. The number of anilines is 1. The molecule has 112 valence electrons. The van der Waals surface area contributed by atoms with Gasteiger partial charge in [0.05, 0.1) is 10.7 Å². The van der Waals surface area contributed by atoms with E-state index in [1.165, 1.54) is 0 Å². The van der Waals surface area contributed by atoms with Crippen molar-refractivity contribution in [3.8, 4) is 5.69 Å². The van der Waals surface area contributed by atoms with Crippen molar-refractivity contribution in [1.82, 2.24) is 15.1 Å². The van der Waals surface area contributed by atoms with Gasteiger partial charge in [-0.1, -0.05) is 17.7 Å². The van der Waals surface area contributed by atoms with Crippen LogP contribution in [0.5, 0.6) is 0 Å². The summed E-state index contributed by atoms with van der Waals surface area (Å²) in [6, 6.07) is 6.53. The molecule has 0 spiro atoms. The van der Waals surface area contributed by atoms with E-state index in [4.69, 9.17) is 16.7 Å². The highest BCUT2D eigenvalue weighted by atomic mass is 35.5. The monoisotopic (exact) mass is 308 g/mol. The number of nitrogens with zero attached hydrogens (tertiary/aromatic N) is 2. The summed E-state index contributed by atoms with van der Waals surface area (Å²) in [7, 11) is 0. The fourth-order valence-electron chi connectivity index (χ4n) is 1.90. The van der Waals surface area contributed by atoms with E-state index in [9.17, 15) is 4.79 Å². The van der Waals surface area contributed by atoms with Crippen LogP contribution >= 0.6 is 11.6 Å². The minimum absolute atomic E-state index is 0.0249. The topological polar surface area (TPSA) is 79.2 Å². The SMILES string of the molecule is C[C@H](CCO)NC(=O)Nc1cccc(Cl)c1-n1cccn1. The number of halogens is 1. The number of para-hydroxylation sites is 1. The second-order valence-corrected chi connectivity index (χ2v) is 5.01. The largest absolute Gasteiger partial charge is 0.396 e. The van der Waals surface area contributed by atoms with Gasteiger partial charge in [0, 0.05) is 25.0 Å². The van der Waals surface area contributed by atoms with Crippen molar-refractivity contribution < 1.29 is 9.90 Å². The first-order valence-electron chi connectivity index (χ1n) is 6.58. The van der Waals surface area contributed by atoms with Gasteiger partial charge in [-0.3, -0.25) is 0 Å². The molecule has 2 aromatic rings. The van der Waals surface area contributed by atoms with Crippen molar-refractivity contribution in [3.05, 3.63) is 41.7 Å². The molecule has 0 aliphatic heterocycles. The molecule has 7 heteroatoms. The third-order valence-electron chi connectivity index (χ3n) is 2.91. The minimum Gasteiger partial charge on any atom is -0.396 e. The van der Waals surface area contributed by atoms with Gasteiger partial charge in [-0.2, -0.15) is 5.10 Å². The molecule has 0 saturated heterocycles. The van der Waals surface area contributed by atoms with Crippen molar-refractivity contribution >= 4 is 23.3 Å². The fourth-order valence-corrected chi connectivity index (χ4v) is 2.16. The summed E-state index contributed by atoms with van der Waals surface area (Å²) in [5.41, 5.74) is 1.16. The van der Waals surface area contributed by atoms with Crippen molar-refractivity contribution in [2.45, 2.75) is 19.4 Å². The van der Waals surface area contributed by atoms with Gasteiger partial charge in [0.15, 0.2) is 0 Å². The maximum atomic E-state index is 12.0. The zero-order valence-electron chi connectivity index (χ0n) is 11.6. The predicted molar refractivity (Wildman–Crippen MR) is 81.9 cm³/mol. The van der Waals surface area contributed by atoms with E-state index in [2.05, 4.69) is 15.7 Å². The lowest BCUT2D eigenvalue weighted by Crippen LogP contribution is -2.36. The van der Waals surface area contributed by atoms with Crippen LogP contribution in [0.3, 0.4) is 0 Å². The second kappa shape index (κ2) is 7.10. The average Bonchev–Trinajstić information content (AvgIpc) is 2.92. The molecular formula is C14H17ClN4O2. The van der Waals surface area contributed by atoms with Gasteiger partial charge in [-0.05, 0) is 31.5 Å². The Morgan fingerprint density at radius 3 is 2.95 bits per heavy atom. The van der Waals surface area contributed by atoms with Gasteiger partial charge in [-0.15, -0.1) is 0 Å². The van der Waals surface area contributed by atoms with Crippen LogP contribution in [0.1, 0.15) is 13.3 Å². The molecule has 1 aromatic heterocycles. The lowest BCUT2D eigenvalue weighted by molar-refractivity contribution is 0.241. The third kappa shape index (κ3) is 3.96. The van der Waals surface area contributed by atoms with Gasteiger partial charge in [0.2, 0.25) is 0 Å². The first kappa shape index (κ1) is 15.3. The molecule has 2 amide bonds. The number of nitrogens with one attached hydrogen (secondary N) is 2. The van der Waals surface area contributed by atoms with Crippen LogP contribution in [0.25, 0.3) is 5.69 Å². The molecular weight excluding hydrogens is 292 g/mol. The summed E-state index contributed by atoms with van der Waals surface area (Å²) in [5, 5.41) is 19.0. The molecule has 0 saturated carbocycles. The highest BCUT2D eigenvalue weighted by molar-refractivity contribution is 6.33. The molecule has 0 unspecified atom stereocenters. The van der Waals surface area contributed by atoms with Crippen LogP contribution in [0.15, 0.2) is 36.7 Å². The number of aliphatic hydroxyl groups excluding tert-OH is 1. The standard InChI is InChI=1S/C14H17ClN4O2/c1-10(6-9-20)17-14(21)18-12-5-2-4-11(15)13(12)19-8-3-7-16-19/h2-5,7-8,10,20H,6,9H2,1H3,(H2,17,18,21)/t10-/m1/s1. The van der Waals surface area contributed by atoms with E-state index in [0.29, 0.717) is 22.8 Å². The predicted octanol–water partition coefficient (Wildman–Crippen LogP) is 2.42. The summed E-state index contributed by atoms with van der Waals surface area (Å²) in [6.07, 6.45) is 3.88. The number of hydrogen-bond acceptors (Lipinski definition) is 3. The quantitative estimate of drug-likeness (QED) is 0.793. The molecule has 0 bridgehead atoms. The van der Waals surface area contributed by atoms with Crippen LogP contribution < -0.4 is 10.6 Å². The van der Waals surface area contributed by atoms with E-state index < -0.39 is 0 Å². The maximum Gasteiger partial charge on any atom is 0.319 e. The Kier molecular flexibility index (Phi) is 5.19. The van der Waals surface area contributed by atoms with Crippen molar-refractivity contribution in [1.29, 1.82) is 0 Å². The first-order valence-corrected chi connectivity index (χ1v) is 6.96. The highest BCUT2D eigenvalue weighted by Crippen LogP contribution is 2.27. The summed E-state index contributed by atoms with van der Waals surface area (Å²) in [5.74, 6) is 0. The molecule has 2 rings (SSSR count). The smallest absolute Gasteiger partial charge is 0.319 e. The van der Waals surface area contributed by atoms with Crippen LogP contribution in [0, 0.1) is 0 Å². The molecule has 6 nitrogen and oxygen atoms in total. The Hall–Kier alpha value is -2.05. The minimum atomic E-state index is -0.355. The third-order valence-corrected chi connectivity index (χ3v) is 3.21. The van der Waals surface area contributed by atoms with E-state index in [-0.39, 0.29) is 18.7 Å². The van der Waals surface area contributed by atoms with E-state index >= 15 is 0 Å². The molecule has 0 aliphatic carbocycles. The van der Waals surface area contributed by atoms with Crippen LogP contribution in [-0.2, 0) is 0 Å². The van der Waals surface area contributed by atoms with Crippen molar-refractivity contribution in [2.24, 2.45) is 0 Å². The lowest BCUT2D eigenvalue weighted by Gasteiger charge is -2.16. The van der Waals surface area contributed by atoms with Crippen LogP contribution in [-0.4, -0.2) is 33.6 Å². The normalized spacial score (nSPS) is 12.0. The van der Waals surface area contributed by atoms with Gasteiger partial charge < -0.3 is 15.7 Å². The van der Waals surface area contributed by atoms with E-state index in [1.54, 1.807) is 41.3 Å². The van der Waals surface area contributed by atoms with Gasteiger partial charge in [-0.25, -0.2) is 9.48 Å². The Morgan fingerprint density at radius 2 is 2.29 bits per heavy atom. The van der Waals surface area contributed by atoms with Crippen molar-refractivity contribution in [2.75, 3.05) is 11.9 Å². The van der Waals surface area contributed by atoms with Crippen molar-refractivity contribution in [3.63, 3.8) is 0 Å². The Labute approximate surface area is 127 Å². The van der Waals surface area contributed by atoms with Crippen LogP contribution in [0.2, 0.25) is 5.02 Å². The number of hydrogen-bond donors (Lipinski definition) is 3. The number of urea groups is 1. The first-order chi connectivity index (χ1) is 10.1. The zero-order chi connectivity index (χ0) is 15.2. The molecule has 0 aliphatic rings. The number of rotatable bonds is 5. The molecule has 3 N–H and O–H groups in total. The second-order valence-electron chi connectivity index (χ2n) is 4.60. The zero-order valence-corrected chi connectivity index (χ0v) is 12.3. The van der Waals surface area contributed by atoms with Gasteiger partial charge in [0.25, 0.3) is 0 Å². The Bertz CT molecular complexity index is 601. The molecule has 1 atom stereocenters. The number of aliphatic hydroxyl groups is 1. The lowest BCUT2D eigenvalue weighted by atomic mass is 10.2. The van der Waals surface area contributed by atoms with Gasteiger partial charge >= 0.3 is 6.03 Å². The summed E-state index contributed by atoms with van der Waals surface area (Å²) in [4.78, 5) is 12.0. The Balaban J connectivity index is 2.17. The number of carbonyl (C=O) groups is 1. The summed E-state index contributed by atoms with van der Waals surface area (Å²) in [6.45, 7) is 1.85. The molecule has 0 radical (unpaired) electrons. The average molecular weight is 309 g/mol. The molecule has 0 fully saturated rings. The summed E-state index contributed by atoms with van der Waals surface area (Å²) >= 11 is 6.19. The van der Waals surface area contributed by atoms with Gasteiger partial charge in [0.1, 0.15) is 5.69 Å². The van der Waals surface area contributed by atoms with E-state index in [0.717, 1.165) is 0 Å². The maximum absolute atomic E-state index is 12.0. The molecule has 1 heterocycles. The number of carbonyl (C=O) groups excluding carboxylic acids is 1. The number of aromatic nitrogens is 2. The van der Waals surface area contributed by atoms with E-state index in [1.807, 2.05) is 6.92 Å². The molecule has 1 aromatic carbocycles. The number of benzene rings is 1. The Morgan fingerprint density at radius 1 is 1.48 bits per heavy atom.